The first-order valence-electron chi connectivity index (χ1n) is 4.80. The Morgan fingerprint density at radius 1 is 1.80 bits per heavy atom. The van der Waals surface area contributed by atoms with E-state index >= 15 is 0 Å². The van der Waals surface area contributed by atoms with Crippen molar-refractivity contribution in [3.05, 3.63) is 21.8 Å². The van der Waals surface area contributed by atoms with Crippen LogP contribution in [0.15, 0.2) is 11.6 Å². The number of nitrogens with two attached hydrogens (primary N) is 1. The lowest BCUT2D eigenvalue weighted by atomic mass is 9.92. The van der Waals surface area contributed by atoms with E-state index in [4.69, 9.17) is 10.8 Å². The van der Waals surface area contributed by atoms with Gasteiger partial charge in [0.15, 0.2) is 0 Å². The molecule has 0 aromatic rings. The lowest BCUT2D eigenvalue weighted by Crippen LogP contribution is -2.31. The topological polar surface area (TPSA) is 106 Å². The SMILES string of the molecule is NC(CC1=CCC([N+](=O)[O-])CC1)C(=O)O. The van der Waals surface area contributed by atoms with Gasteiger partial charge in [0.2, 0.25) is 6.04 Å². The molecule has 0 heterocycles. The Morgan fingerprint density at radius 2 is 2.47 bits per heavy atom. The molecular formula is C9H14N2O4. The second kappa shape index (κ2) is 4.88. The molecule has 0 aromatic carbocycles. The Bertz CT molecular complexity index is 300. The zero-order chi connectivity index (χ0) is 11.4. The molecule has 2 unspecified atom stereocenters. The second-order valence-electron chi connectivity index (χ2n) is 3.72. The zero-order valence-corrected chi connectivity index (χ0v) is 8.26. The van der Waals surface area contributed by atoms with E-state index in [1.54, 1.807) is 6.08 Å². The van der Waals surface area contributed by atoms with Crippen LogP contribution >= 0.6 is 0 Å². The van der Waals surface area contributed by atoms with Crippen LogP contribution in [0, 0.1) is 10.1 Å². The molecule has 0 fully saturated rings. The van der Waals surface area contributed by atoms with Crippen LogP contribution in [0.2, 0.25) is 0 Å². The molecule has 0 bridgehead atoms. The number of carbonyl (C=O) groups is 1. The fraction of sp³-hybridized carbons (Fsp3) is 0.667. The Balaban J connectivity index is 2.47. The highest BCUT2D eigenvalue weighted by Crippen LogP contribution is 2.23. The summed E-state index contributed by atoms with van der Waals surface area (Å²) in [5.74, 6) is -1.03. The number of rotatable bonds is 4. The largest absolute Gasteiger partial charge is 0.480 e. The third kappa shape index (κ3) is 3.32. The van der Waals surface area contributed by atoms with E-state index in [2.05, 4.69) is 0 Å². The van der Waals surface area contributed by atoms with E-state index in [9.17, 15) is 14.9 Å². The Kier molecular flexibility index (Phi) is 3.79. The summed E-state index contributed by atoms with van der Waals surface area (Å²) in [5, 5.41) is 19.0. The average molecular weight is 214 g/mol. The van der Waals surface area contributed by atoms with Gasteiger partial charge in [-0.2, -0.15) is 0 Å². The lowest BCUT2D eigenvalue weighted by Gasteiger charge is -2.17. The van der Waals surface area contributed by atoms with E-state index < -0.39 is 18.1 Å². The lowest BCUT2D eigenvalue weighted by molar-refractivity contribution is -0.523. The van der Waals surface area contributed by atoms with Crippen molar-refractivity contribution in [1.82, 2.24) is 0 Å². The molecule has 15 heavy (non-hydrogen) atoms. The summed E-state index contributed by atoms with van der Waals surface area (Å²) in [6.07, 6.45) is 3.48. The van der Waals surface area contributed by atoms with Crippen molar-refractivity contribution in [2.75, 3.05) is 0 Å². The molecule has 6 heteroatoms. The van der Waals surface area contributed by atoms with E-state index in [-0.39, 0.29) is 4.92 Å². The summed E-state index contributed by atoms with van der Waals surface area (Å²) < 4.78 is 0. The molecule has 0 radical (unpaired) electrons. The molecule has 84 valence electrons. The van der Waals surface area contributed by atoms with Gasteiger partial charge >= 0.3 is 5.97 Å². The van der Waals surface area contributed by atoms with Gasteiger partial charge in [0.25, 0.3) is 0 Å². The number of hydrogen-bond acceptors (Lipinski definition) is 4. The molecule has 0 spiro atoms. The molecule has 0 aliphatic heterocycles. The Hall–Kier alpha value is -1.43. The monoisotopic (exact) mass is 214 g/mol. The molecule has 0 aromatic heterocycles. The number of nitrogens with zero attached hydrogens (tertiary/aromatic N) is 1. The van der Waals surface area contributed by atoms with Gasteiger partial charge in [-0.3, -0.25) is 14.9 Å². The quantitative estimate of drug-likeness (QED) is 0.403. The normalized spacial score (nSPS) is 23.0. The van der Waals surface area contributed by atoms with Crippen molar-refractivity contribution >= 4 is 5.97 Å². The number of carboxylic acid groups (broad SMARTS) is 1. The smallest absolute Gasteiger partial charge is 0.320 e. The van der Waals surface area contributed by atoms with Crippen LogP contribution in [0.4, 0.5) is 0 Å². The molecule has 0 saturated carbocycles. The van der Waals surface area contributed by atoms with Crippen molar-refractivity contribution < 1.29 is 14.8 Å². The molecule has 1 aliphatic rings. The summed E-state index contributed by atoms with van der Waals surface area (Å²) in [6.45, 7) is 0. The van der Waals surface area contributed by atoms with Crippen LogP contribution in [-0.2, 0) is 4.79 Å². The van der Waals surface area contributed by atoms with Crippen molar-refractivity contribution in [3.8, 4) is 0 Å². The summed E-state index contributed by atoms with van der Waals surface area (Å²) in [6, 6.07) is -1.42. The highest BCUT2D eigenvalue weighted by atomic mass is 16.6. The van der Waals surface area contributed by atoms with Crippen molar-refractivity contribution in [2.45, 2.75) is 37.8 Å². The standard InChI is InChI=1S/C9H14N2O4/c10-8(9(12)13)5-6-1-3-7(4-2-6)11(14)15/h1,7-8H,2-5,10H2,(H,12,13). The maximum Gasteiger partial charge on any atom is 0.320 e. The van der Waals surface area contributed by atoms with Crippen molar-refractivity contribution in [1.29, 1.82) is 0 Å². The Labute approximate surface area is 86.9 Å². The average Bonchev–Trinajstić information content (AvgIpc) is 2.18. The van der Waals surface area contributed by atoms with Gasteiger partial charge in [-0.05, 0) is 12.8 Å². The molecule has 1 rings (SSSR count). The first-order chi connectivity index (χ1) is 7.00. The number of hydrogen-bond donors (Lipinski definition) is 2. The fourth-order valence-corrected chi connectivity index (χ4v) is 1.62. The number of nitro groups is 1. The van der Waals surface area contributed by atoms with Crippen LogP contribution in [0.5, 0.6) is 0 Å². The predicted molar refractivity (Wildman–Crippen MR) is 52.9 cm³/mol. The Morgan fingerprint density at radius 3 is 2.87 bits per heavy atom. The van der Waals surface area contributed by atoms with Crippen LogP contribution in [0.3, 0.4) is 0 Å². The minimum atomic E-state index is -1.03. The second-order valence-corrected chi connectivity index (χ2v) is 3.72. The highest BCUT2D eigenvalue weighted by Gasteiger charge is 2.24. The minimum absolute atomic E-state index is 0.287. The molecule has 1 aliphatic carbocycles. The number of aliphatic carboxylic acids is 1. The third-order valence-corrected chi connectivity index (χ3v) is 2.57. The first kappa shape index (κ1) is 11.6. The number of carboxylic acids is 1. The van der Waals surface area contributed by atoms with E-state index in [1.165, 1.54) is 0 Å². The van der Waals surface area contributed by atoms with Gasteiger partial charge in [0.05, 0.1) is 0 Å². The molecule has 6 nitrogen and oxygen atoms in total. The maximum atomic E-state index is 10.5. The van der Waals surface area contributed by atoms with Gasteiger partial charge < -0.3 is 10.8 Å². The molecule has 2 atom stereocenters. The summed E-state index contributed by atoms with van der Waals surface area (Å²) in [4.78, 5) is 20.6. The van der Waals surface area contributed by atoms with Crippen molar-refractivity contribution in [2.24, 2.45) is 5.73 Å². The minimum Gasteiger partial charge on any atom is -0.480 e. The molecule has 0 saturated heterocycles. The summed E-state index contributed by atoms with van der Waals surface area (Å²) >= 11 is 0. The van der Waals surface area contributed by atoms with E-state index in [0.717, 1.165) is 5.57 Å². The first-order valence-corrected chi connectivity index (χ1v) is 4.80. The van der Waals surface area contributed by atoms with Gasteiger partial charge in [-0.1, -0.05) is 11.6 Å². The van der Waals surface area contributed by atoms with Gasteiger partial charge in [-0.25, -0.2) is 0 Å². The third-order valence-electron chi connectivity index (χ3n) is 2.57. The van der Waals surface area contributed by atoms with Crippen LogP contribution in [0.1, 0.15) is 25.7 Å². The summed E-state index contributed by atoms with van der Waals surface area (Å²) in [7, 11) is 0. The molecular weight excluding hydrogens is 200 g/mol. The molecule has 0 amide bonds. The van der Waals surface area contributed by atoms with Gasteiger partial charge in [0.1, 0.15) is 6.04 Å². The van der Waals surface area contributed by atoms with E-state index in [1.807, 2.05) is 0 Å². The van der Waals surface area contributed by atoms with Gasteiger partial charge in [0, 0.05) is 17.8 Å². The van der Waals surface area contributed by atoms with Crippen LogP contribution in [0.25, 0.3) is 0 Å². The van der Waals surface area contributed by atoms with Crippen molar-refractivity contribution in [3.63, 3.8) is 0 Å². The zero-order valence-electron chi connectivity index (χ0n) is 8.26. The van der Waals surface area contributed by atoms with Gasteiger partial charge in [-0.15, -0.1) is 0 Å². The highest BCUT2D eigenvalue weighted by molar-refractivity contribution is 5.73. The molecule has 3 N–H and O–H groups in total. The summed E-state index contributed by atoms with van der Waals surface area (Å²) in [5.41, 5.74) is 6.29. The predicted octanol–water partition coefficient (Wildman–Crippen LogP) is 0.544. The van der Waals surface area contributed by atoms with Crippen LogP contribution in [-0.4, -0.2) is 28.1 Å². The van der Waals surface area contributed by atoms with Crippen LogP contribution < -0.4 is 5.73 Å². The fourth-order valence-electron chi connectivity index (χ4n) is 1.62. The van der Waals surface area contributed by atoms with E-state index in [0.29, 0.717) is 25.7 Å². The maximum absolute atomic E-state index is 10.5.